The smallest absolute Gasteiger partial charge is 0.276 e. The molecule has 0 saturated carbocycles. The molecule has 0 atom stereocenters. The van der Waals surface area contributed by atoms with E-state index in [1.165, 1.54) is 4.68 Å². The Kier molecular flexibility index (Phi) is 6.10. The number of nitrogens with zero attached hydrogens (tertiary/aromatic N) is 5. The lowest BCUT2D eigenvalue weighted by molar-refractivity contribution is 0.102. The molecule has 2 aromatic heterocycles. The number of rotatable bonds is 8. The number of carbonyl (C=O) groups excluding carboxylic acids is 1. The van der Waals surface area contributed by atoms with Gasteiger partial charge < -0.3 is 15.0 Å². The summed E-state index contributed by atoms with van der Waals surface area (Å²) < 4.78 is 8.91. The van der Waals surface area contributed by atoms with E-state index in [2.05, 4.69) is 20.4 Å². The number of hydrogen-bond acceptors (Lipinski definition) is 5. The molecule has 0 bridgehead atoms. The van der Waals surface area contributed by atoms with Crippen molar-refractivity contribution >= 4 is 23.2 Å². The third kappa shape index (κ3) is 5.32. The van der Waals surface area contributed by atoms with Crippen LogP contribution in [-0.2, 0) is 13.3 Å². The summed E-state index contributed by atoms with van der Waals surface area (Å²) in [5.41, 5.74) is 0.916. The number of anilines is 1. The van der Waals surface area contributed by atoms with Gasteiger partial charge in [-0.3, -0.25) is 9.48 Å². The number of benzene rings is 1. The van der Waals surface area contributed by atoms with Crippen LogP contribution in [0.1, 0.15) is 10.5 Å². The topological polar surface area (TPSA) is 77.2 Å². The van der Waals surface area contributed by atoms with Gasteiger partial charge in [-0.1, -0.05) is 23.7 Å². The Labute approximate surface area is 162 Å². The molecule has 2 heterocycles. The molecule has 0 unspecified atom stereocenters. The first-order valence-corrected chi connectivity index (χ1v) is 8.78. The Morgan fingerprint density at radius 3 is 2.85 bits per heavy atom. The number of amides is 1. The molecule has 1 aromatic carbocycles. The van der Waals surface area contributed by atoms with Crippen molar-refractivity contribution in [2.24, 2.45) is 0 Å². The van der Waals surface area contributed by atoms with Crippen molar-refractivity contribution in [3.05, 3.63) is 59.6 Å². The van der Waals surface area contributed by atoms with E-state index in [1.54, 1.807) is 41.5 Å². The Balaban J connectivity index is 1.54. The van der Waals surface area contributed by atoms with Gasteiger partial charge in [0.1, 0.15) is 5.75 Å². The van der Waals surface area contributed by atoms with Crippen LogP contribution in [0.25, 0.3) is 0 Å². The molecule has 0 saturated heterocycles. The molecule has 0 aliphatic heterocycles. The van der Waals surface area contributed by atoms with Gasteiger partial charge >= 0.3 is 0 Å². The largest absolute Gasteiger partial charge is 0.470 e. The fourth-order valence-corrected chi connectivity index (χ4v) is 2.49. The molecule has 3 aromatic rings. The molecular formula is C18H21ClN6O2. The van der Waals surface area contributed by atoms with Crippen LogP contribution in [0.15, 0.2) is 48.9 Å². The maximum Gasteiger partial charge on any atom is 0.276 e. The van der Waals surface area contributed by atoms with Gasteiger partial charge in [0, 0.05) is 18.9 Å². The molecule has 0 spiro atoms. The van der Waals surface area contributed by atoms with E-state index in [9.17, 15) is 4.79 Å². The summed E-state index contributed by atoms with van der Waals surface area (Å²) in [6.07, 6.45) is 5.08. The van der Waals surface area contributed by atoms with Gasteiger partial charge in [-0.25, -0.2) is 4.68 Å². The van der Waals surface area contributed by atoms with Crippen LogP contribution >= 0.6 is 11.6 Å². The molecule has 9 heteroatoms. The quantitative estimate of drug-likeness (QED) is 0.641. The minimum absolute atomic E-state index is 0.152. The first kappa shape index (κ1) is 18.9. The van der Waals surface area contributed by atoms with E-state index in [0.29, 0.717) is 22.2 Å². The molecule has 8 nitrogen and oxygen atoms in total. The summed E-state index contributed by atoms with van der Waals surface area (Å²) >= 11 is 6.05. The second-order valence-electron chi connectivity index (χ2n) is 6.19. The molecule has 0 fully saturated rings. The maximum absolute atomic E-state index is 12.3. The Hall–Kier alpha value is -2.84. The van der Waals surface area contributed by atoms with Crippen LogP contribution in [0.3, 0.4) is 0 Å². The van der Waals surface area contributed by atoms with E-state index in [1.807, 2.05) is 26.2 Å². The van der Waals surface area contributed by atoms with Crippen molar-refractivity contribution in [2.75, 3.05) is 26.0 Å². The van der Waals surface area contributed by atoms with Crippen molar-refractivity contribution < 1.29 is 9.53 Å². The SMILES string of the molecule is CN(C)CCn1cc(NC(=O)c2ccn(COc3ccccc3Cl)n2)cn1. The van der Waals surface area contributed by atoms with Crippen LogP contribution in [0.2, 0.25) is 5.02 Å². The average Bonchev–Trinajstić information content (AvgIpc) is 3.29. The summed E-state index contributed by atoms with van der Waals surface area (Å²) in [5, 5.41) is 11.8. The molecule has 0 aliphatic rings. The van der Waals surface area contributed by atoms with Crippen molar-refractivity contribution in [1.82, 2.24) is 24.5 Å². The van der Waals surface area contributed by atoms with Gasteiger partial charge in [0.25, 0.3) is 5.91 Å². The standard InChI is InChI=1S/C18H21ClN6O2/c1-23(2)9-10-24-12-14(11-20-24)21-18(26)16-7-8-25(22-16)13-27-17-6-4-3-5-15(17)19/h3-8,11-12H,9-10,13H2,1-2H3,(H,21,26). The number of carbonyl (C=O) groups is 1. The highest BCUT2D eigenvalue weighted by Crippen LogP contribution is 2.23. The van der Waals surface area contributed by atoms with E-state index in [4.69, 9.17) is 16.3 Å². The fourth-order valence-electron chi connectivity index (χ4n) is 2.30. The second kappa shape index (κ2) is 8.70. The highest BCUT2D eigenvalue weighted by Gasteiger charge is 2.11. The van der Waals surface area contributed by atoms with E-state index in [-0.39, 0.29) is 12.6 Å². The van der Waals surface area contributed by atoms with Crippen molar-refractivity contribution in [3.63, 3.8) is 0 Å². The molecule has 1 amide bonds. The number of para-hydroxylation sites is 1. The summed E-state index contributed by atoms with van der Waals surface area (Å²) in [6.45, 7) is 1.77. The average molecular weight is 389 g/mol. The summed E-state index contributed by atoms with van der Waals surface area (Å²) in [5.74, 6) is 0.254. The predicted octanol–water partition coefficient (Wildman–Crippen LogP) is 2.58. The van der Waals surface area contributed by atoms with Crippen LogP contribution in [0.5, 0.6) is 5.75 Å². The third-order valence-corrected chi connectivity index (χ3v) is 4.04. The molecule has 0 radical (unpaired) electrons. The van der Waals surface area contributed by atoms with Gasteiger partial charge in [-0.2, -0.15) is 10.2 Å². The lowest BCUT2D eigenvalue weighted by Crippen LogP contribution is -2.18. The highest BCUT2D eigenvalue weighted by molar-refractivity contribution is 6.32. The predicted molar refractivity (Wildman–Crippen MR) is 103 cm³/mol. The number of nitrogens with one attached hydrogen (secondary N) is 1. The van der Waals surface area contributed by atoms with E-state index in [0.717, 1.165) is 13.1 Å². The minimum Gasteiger partial charge on any atom is -0.470 e. The van der Waals surface area contributed by atoms with Crippen LogP contribution in [-0.4, -0.2) is 51.0 Å². The first-order valence-electron chi connectivity index (χ1n) is 8.40. The number of likely N-dealkylation sites (N-methyl/N-ethyl adjacent to an activating group) is 1. The Morgan fingerprint density at radius 2 is 2.07 bits per heavy atom. The molecule has 1 N–H and O–H groups in total. The minimum atomic E-state index is -0.307. The van der Waals surface area contributed by atoms with Gasteiger partial charge in [0.05, 0.1) is 23.5 Å². The number of hydrogen-bond donors (Lipinski definition) is 1. The zero-order valence-corrected chi connectivity index (χ0v) is 15.9. The van der Waals surface area contributed by atoms with Crippen LogP contribution < -0.4 is 10.1 Å². The van der Waals surface area contributed by atoms with Crippen molar-refractivity contribution in [1.29, 1.82) is 0 Å². The monoisotopic (exact) mass is 388 g/mol. The maximum atomic E-state index is 12.3. The van der Waals surface area contributed by atoms with Crippen LogP contribution in [0.4, 0.5) is 5.69 Å². The van der Waals surface area contributed by atoms with Gasteiger partial charge in [0.15, 0.2) is 12.4 Å². The first-order chi connectivity index (χ1) is 13.0. The summed E-state index contributed by atoms with van der Waals surface area (Å²) in [4.78, 5) is 14.4. The Morgan fingerprint density at radius 1 is 1.26 bits per heavy atom. The normalized spacial score (nSPS) is 11.0. The molecule has 0 aliphatic carbocycles. The van der Waals surface area contributed by atoms with Crippen molar-refractivity contribution in [2.45, 2.75) is 13.3 Å². The zero-order chi connectivity index (χ0) is 19.2. The summed E-state index contributed by atoms with van der Waals surface area (Å²) in [7, 11) is 4.00. The van der Waals surface area contributed by atoms with E-state index < -0.39 is 0 Å². The lowest BCUT2D eigenvalue weighted by atomic mass is 10.3. The zero-order valence-electron chi connectivity index (χ0n) is 15.2. The second-order valence-corrected chi connectivity index (χ2v) is 6.60. The van der Waals surface area contributed by atoms with Gasteiger partial charge in [-0.15, -0.1) is 0 Å². The lowest BCUT2D eigenvalue weighted by Gasteiger charge is -2.08. The van der Waals surface area contributed by atoms with Gasteiger partial charge in [0.2, 0.25) is 0 Å². The number of halogens is 1. The van der Waals surface area contributed by atoms with E-state index >= 15 is 0 Å². The number of aromatic nitrogens is 4. The third-order valence-electron chi connectivity index (χ3n) is 3.73. The summed E-state index contributed by atoms with van der Waals surface area (Å²) in [6, 6.07) is 8.81. The Bertz CT molecular complexity index is 905. The van der Waals surface area contributed by atoms with Crippen molar-refractivity contribution in [3.8, 4) is 5.75 Å². The van der Waals surface area contributed by atoms with Gasteiger partial charge in [-0.05, 0) is 32.3 Å². The molecule has 3 rings (SSSR count). The highest BCUT2D eigenvalue weighted by atomic mass is 35.5. The molecular weight excluding hydrogens is 368 g/mol. The number of ether oxygens (including phenoxy) is 1. The fraction of sp³-hybridized carbons (Fsp3) is 0.278. The molecule has 142 valence electrons. The van der Waals surface area contributed by atoms with Crippen LogP contribution in [0, 0.1) is 0 Å². The molecule has 27 heavy (non-hydrogen) atoms.